The van der Waals surface area contributed by atoms with Gasteiger partial charge in [0, 0.05) is 26.2 Å². The Bertz CT molecular complexity index is 340. The fourth-order valence-electron chi connectivity index (χ4n) is 2.72. The van der Waals surface area contributed by atoms with Crippen molar-refractivity contribution in [2.75, 3.05) is 32.8 Å². The van der Waals surface area contributed by atoms with Crippen LogP contribution in [0.3, 0.4) is 0 Å². The molecule has 2 rings (SSSR count). The molecule has 2 heterocycles. The molecule has 2 aliphatic rings. The summed E-state index contributed by atoms with van der Waals surface area (Å²) in [5, 5.41) is 9.29. The van der Waals surface area contributed by atoms with Crippen molar-refractivity contribution >= 4 is 12.0 Å². The summed E-state index contributed by atoms with van der Waals surface area (Å²) in [7, 11) is 0. The van der Waals surface area contributed by atoms with E-state index in [1.54, 1.807) is 4.90 Å². The summed E-state index contributed by atoms with van der Waals surface area (Å²) in [6, 6.07) is -0.828. The van der Waals surface area contributed by atoms with E-state index in [0.717, 1.165) is 12.8 Å². The van der Waals surface area contributed by atoms with Gasteiger partial charge >= 0.3 is 12.0 Å². The fraction of sp³-hybridized carbons (Fsp3) is 0.846. The van der Waals surface area contributed by atoms with Crippen molar-refractivity contribution < 1.29 is 19.4 Å². The average Bonchev–Trinajstić information content (AvgIpc) is 2.66. The number of carbonyl (C=O) groups is 2. The molecule has 2 atom stereocenters. The van der Waals surface area contributed by atoms with Crippen LogP contribution in [0.4, 0.5) is 4.79 Å². The molecule has 0 aromatic carbocycles. The number of nitrogens with zero attached hydrogens (tertiary/aromatic N) is 2. The van der Waals surface area contributed by atoms with Crippen molar-refractivity contribution in [1.82, 2.24) is 9.80 Å². The Kier molecular flexibility index (Phi) is 4.63. The largest absolute Gasteiger partial charge is 0.480 e. The lowest BCUT2D eigenvalue weighted by molar-refractivity contribution is -0.144. The highest BCUT2D eigenvalue weighted by molar-refractivity contribution is 5.83. The van der Waals surface area contributed by atoms with Crippen LogP contribution in [0.5, 0.6) is 0 Å². The number of urea groups is 1. The molecule has 6 heteroatoms. The number of rotatable bonds is 1. The van der Waals surface area contributed by atoms with Gasteiger partial charge in [-0.1, -0.05) is 6.92 Å². The normalized spacial score (nSPS) is 28.9. The van der Waals surface area contributed by atoms with Gasteiger partial charge in [-0.25, -0.2) is 9.59 Å². The Hall–Kier alpha value is -1.30. The van der Waals surface area contributed by atoms with Crippen molar-refractivity contribution in [2.45, 2.75) is 32.2 Å². The molecule has 0 aliphatic carbocycles. The van der Waals surface area contributed by atoms with Crippen LogP contribution < -0.4 is 0 Å². The Morgan fingerprint density at radius 2 is 2.00 bits per heavy atom. The molecule has 6 nitrogen and oxygen atoms in total. The summed E-state index contributed by atoms with van der Waals surface area (Å²) in [6.45, 7) is 4.98. The lowest BCUT2D eigenvalue weighted by atomic mass is 9.92. The van der Waals surface area contributed by atoms with E-state index in [1.807, 2.05) is 6.92 Å². The molecule has 108 valence electrons. The number of hydrogen-bond donors (Lipinski definition) is 1. The summed E-state index contributed by atoms with van der Waals surface area (Å²) in [5.41, 5.74) is 0. The first kappa shape index (κ1) is 14.1. The summed E-state index contributed by atoms with van der Waals surface area (Å²) in [4.78, 5) is 27.0. The smallest absolute Gasteiger partial charge is 0.326 e. The lowest BCUT2D eigenvalue weighted by Gasteiger charge is -2.38. The molecule has 1 N–H and O–H groups in total. The molecule has 2 fully saturated rings. The third-order valence-electron chi connectivity index (χ3n) is 3.89. The second-order valence-corrected chi connectivity index (χ2v) is 5.41. The van der Waals surface area contributed by atoms with Crippen LogP contribution in [-0.4, -0.2) is 65.8 Å². The third-order valence-corrected chi connectivity index (χ3v) is 3.89. The topological polar surface area (TPSA) is 70.1 Å². The van der Waals surface area contributed by atoms with Crippen molar-refractivity contribution in [3.63, 3.8) is 0 Å². The second kappa shape index (κ2) is 6.23. The van der Waals surface area contributed by atoms with E-state index in [0.29, 0.717) is 45.2 Å². The first-order chi connectivity index (χ1) is 9.09. The number of ether oxygens (including phenoxy) is 1. The van der Waals surface area contributed by atoms with Gasteiger partial charge in [0.25, 0.3) is 0 Å². The van der Waals surface area contributed by atoms with Crippen LogP contribution >= 0.6 is 0 Å². The van der Waals surface area contributed by atoms with Gasteiger partial charge in [0.15, 0.2) is 0 Å². The molecule has 2 amide bonds. The summed E-state index contributed by atoms with van der Waals surface area (Å²) >= 11 is 0. The molecule has 0 aromatic rings. The Morgan fingerprint density at radius 3 is 2.74 bits per heavy atom. The van der Waals surface area contributed by atoms with Gasteiger partial charge in [-0.3, -0.25) is 0 Å². The highest BCUT2D eigenvalue weighted by Crippen LogP contribution is 2.24. The van der Waals surface area contributed by atoms with Gasteiger partial charge in [0.05, 0.1) is 6.61 Å². The van der Waals surface area contributed by atoms with E-state index < -0.39 is 12.0 Å². The van der Waals surface area contributed by atoms with Crippen LogP contribution in [0.2, 0.25) is 0 Å². The molecule has 2 aliphatic heterocycles. The Labute approximate surface area is 113 Å². The lowest BCUT2D eigenvalue weighted by Crippen LogP contribution is -2.54. The van der Waals surface area contributed by atoms with E-state index in [9.17, 15) is 14.7 Å². The first-order valence-corrected chi connectivity index (χ1v) is 6.95. The molecule has 2 saturated heterocycles. The maximum Gasteiger partial charge on any atom is 0.326 e. The van der Waals surface area contributed by atoms with E-state index in [-0.39, 0.29) is 6.03 Å². The van der Waals surface area contributed by atoms with E-state index in [1.165, 1.54) is 4.90 Å². The summed E-state index contributed by atoms with van der Waals surface area (Å²) in [5.74, 6) is -0.538. The predicted molar refractivity (Wildman–Crippen MR) is 68.9 cm³/mol. The minimum atomic E-state index is -0.897. The van der Waals surface area contributed by atoms with Crippen LogP contribution in [-0.2, 0) is 9.53 Å². The highest BCUT2D eigenvalue weighted by atomic mass is 16.5. The number of amides is 2. The fourth-order valence-corrected chi connectivity index (χ4v) is 2.72. The van der Waals surface area contributed by atoms with Crippen LogP contribution in [0.15, 0.2) is 0 Å². The average molecular weight is 270 g/mol. The quantitative estimate of drug-likeness (QED) is 0.772. The SMILES string of the molecule is CC1CCN(C(=O)N2CCCOCC2)C(C(=O)O)C1. The maximum absolute atomic E-state index is 12.5. The van der Waals surface area contributed by atoms with Crippen molar-refractivity contribution in [3.8, 4) is 0 Å². The Morgan fingerprint density at radius 1 is 1.21 bits per heavy atom. The van der Waals surface area contributed by atoms with E-state index in [2.05, 4.69) is 0 Å². The van der Waals surface area contributed by atoms with Crippen LogP contribution in [0.25, 0.3) is 0 Å². The van der Waals surface area contributed by atoms with Gasteiger partial charge in [-0.15, -0.1) is 0 Å². The first-order valence-electron chi connectivity index (χ1n) is 6.95. The number of aliphatic carboxylic acids is 1. The number of carboxylic acids is 1. The van der Waals surface area contributed by atoms with Gasteiger partial charge in [0.2, 0.25) is 0 Å². The molecular formula is C13H22N2O4. The van der Waals surface area contributed by atoms with Crippen molar-refractivity contribution in [3.05, 3.63) is 0 Å². The van der Waals surface area contributed by atoms with Crippen LogP contribution in [0.1, 0.15) is 26.2 Å². The van der Waals surface area contributed by atoms with Gasteiger partial charge in [0.1, 0.15) is 6.04 Å². The van der Waals surface area contributed by atoms with Crippen molar-refractivity contribution in [2.24, 2.45) is 5.92 Å². The molecule has 0 radical (unpaired) electrons. The zero-order valence-electron chi connectivity index (χ0n) is 11.4. The molecule has 0 saturated carbocycles. The summed E-state index contributed by atoms with van der Waals surface area (Å²) in [6.07, 6.45) is 2.24. The van der Waals surface area contributed by atoms with Gasteiger partial charge < -0.3 is 19.6 Å². The maximum atomic E-state index is 12.5. The number of hydrogen-bond acceptors (Lipinski definition) is 3. The molecule has 19 heavy (non-hydrogen) atoms. The molecular weight excluding hydrogens is 248 g/mol. The molecule has 0 aromatic heterocycles. The van der Waals surface area contributed by atoms with Crippen LogP contribution in [0, 0.1) is 5.92 Å². The summed E-state index contributed by atoms with van der Waals surface area (Å²) < 4.78 is 5.32. The minimum Gasteiger partial charge on any atom is -0.480 e. The predicted octanol–water partition coefficient (Wildman–Crippen LogP) is 1.01. The molecule has 0 bridgehead atoms. The number of carboxylic acid groups (broad SMARTS) is 1. The number of carbonyl (C=O) groups excluding carboxylic acids is 1. The highest BCUT2D eigenvalue weighted by Gasteiger charge is 2.36. The monoisotopic (exact) mass is 270 g/mol. The third kappa shape index (κ3) is 3.37. The van der Waals surface area contributed by atoms with E-state index in [4.69, 9.17) is 4.74 Å². The van der Waals surface area contributed by atoms with Gasteiger partial charge in [-0.2, -0.15) is 0 Å². The number of likely N-dealkylation sites (tertiary alicyclic amines) is 1. The molecule has 2 unspecified atom stereocenters. The second-order valence-electron chi connectivity index (χ2n) is 5.41. The van der Waals surface area contributed by atoms with Gasteiger partial charge in [-0.05, 0) is 25.2 Å². The standard InChI is InChI=1S/C13H22N2O4/c1-10-3-5-15(11(9-10)12(16)17)13(18)14-4-2-7-19-8-6-14/h10-11H,2-9H2,1H3,(H,16,17). The van der Waals surface area contributed by atoms with E-state index >= 15 is 0 Å². The number of piperidine rings is 1. The zero-order valence-corrected chi connectivity index (χ0v) is 11.4. The zero-order chi connectivity index (χ0) is 13.8. The molecule has 0 spiro atoms. The Balaban J connectivity index is 2.04. The van der Waals surface area contributed by atoms with Crippen molar-refractivity contribution in [1.29, 1.82) is 0 Å². The minimum absolute atomic E-state index is 0.148.